The molecule has 1 aromatic heterocycles. The van der Waals surface area contributed by atoms with Gasteiger partial charge < -0.3 is 20.7 Å². The molecule has 0 spiro atoms. The lowest BCUT2D eigenvalue weighted by Gasteiger charge is -2.34. The van der Waals surface area contributed by atoms with Crippen molar-refractivity contribution in [1.29, 1.82) is 0 Å². The molecule has 0 radical (unpaired) electrons. The lowest BCUT2D eigenvalue weighted by atomic mass is 10.1. The highest BCUT2D eigenvalue weighted by molar-refractivity contribution is 5.90. The molecule has 1 amide bonds. The van der Waals surface area contributed by atoms with Gasteiger partial charge in [0.05, 0.1) is 18.8 Å². The Labute approximate surface area is 112 Å². The van der Waals surface area contributed by atoms with Gasteiger partial charge in [0.15, 0.2) is 5.69 Å². The molecule has 7 nitrogen and oxygen atoms in total. The Morgan fingerprint density at radius 3 is 2.95 bits per heavy atom. The van der Waals surface area contributed by atoms with Crippen molar-refractivity contribution < 1.29 is 9.53 Å². The van der Waals surface area contributed by atoms with Gasteiger partial charge in [-0.15, -0.1) is 10.2 Å². The maximum Gasteiger partial charge on any atom is 0.269 e. The quantitative estimate of drug-likeness (QED) is 0.777. The zero-order valence-corrected chi connectivity index (χ0v) is 11.2. The summed E-state index contributed by atoms with van der Waals surface area (Å²) >= 11 is 0. The Kier molecular flexibility index (Phi) is 4.28. The molecule has 1 fully saturated rings. The number of morpholine rings is 1. The highest BCUT2D eigenvalue weighted by Crippen LogP contribution is 2.12. The smallest absolute Gasteiger partial charge is 0.269 e. The van der Waals surface area contributed by atoms with Crippen LogP contribution in [0.1, 0.15) is 17.4 Å². The maximum absolute atomic E-state index is 10.9. The summed E-state index contributed by atoms with van der Waals surface area (Å²) < 4.78 is 5.72. The van der Waals surface area contributed by atoms with Gasteiger partial charge >= 0.3 is 0 Å². The van der Waals surface area contributed by atoms with E-state index in [-0.39, 0.29) is 17.8 Å². The fraction of sp³-hybridized carbons (Fsp3) is 0.583. The van der Waals surface area contributed by atoms with Crippen molar-refractivity contribution in [3.8, 4) is 0 Å². The van der Waals surface area contributed by atoms with Crippen LogP contribution in [0.3, 0.4) is 0 Å². The second-order valence-electron chi connectivity index (χ2n) is 4.77. The first-order valence-corrected chi connectivity index (χ1v) is 6.26. The number of ether oxygens (including phenoxy) is 1. The Morgan fingerprint density at radius 2 is 2.37 bits per heavy atom. The molecule has 104 valence electrons. The van der Waals surface area contributed by atoms with Gasteiger partial charge in [-0.3, -0.25) is 4.79 Å². The third-order valence-electron chi connectivity index (χ3n) is 3.15. The summed E-state index contributed by atoms with van der Waals surface area (Å²) in [5, 5.41) is 10.9. The average Bonchev–Trinajstić information content (AvgIpc) is 2.39. The first-order chi connectivity index (χ1) is 9.06. The van der Waals surface area contributed by atoms with Crippen LogP contribution in [0.5, 0.6) is 0 Å². The van der Waals surface area contributed by atoms with Crippen molar-refractivity contribution in [2.45, 2.75) is 19.1 Å². The van der Waals surface area contributed by atoms with E-state index in [0.717, 1.165) is 19.7 Å². The molecule has 2 unspecified atom stereocenters. The maximum atomic E-state index is 10.9. The average molecular weight is 265 g/mol. The lowest BCUT2D eigenvalue weighted by molar-refractivity contribution is -0.0260. The third kappa shape index (κ3) is 3.62. The zero-order chi connectivity index (χ0) is 13.8. The van der Waals surface area contributed by atoms with Crippen molar-refractivity contribution in [1.82, 2.24) is 15.1 Å². The molecule has 1 aromatic rings. The van der Waals surface area contributed by atoms with Crippen molar-refractivity contribution in [3.63, 3.8) is 0 Å². The first kappa shape index (κ1) is 13.7. The fourth-order valence-corrected chi connectivity index (χ4v) is 1.98. The minimum absolute atomic E-state index is 0.108. The number of amides is 1. The van der Waals surface area contributed by atoms with E-state index >= 15 is 0 Å². The number of hydrogen-bond donors (Lipinski definition) is 2. The third-order valence-corrected chi connectivity index (χ3v) is 3.15. The molecule has 2 atom stereocenters. The van der Waals surface area contributed by atoms with E-state index in [0.29, 0.717) is 5.82 Å². The van der Waals surface area contributed by atoms with Gasteiger partial charge in [0.25, 0.3) is 5.91 Å². The molecule has 7 heteroatoms. The number of carbonyl (C=O) groups is 1. The van der Waals surface area contributed by atoms with Crippen LogP contribution in [0.15, 0.2) is 12.1 Å². The molecule has 2 rings (SSSR count). The van der Waals surface area contributed by atoms with Crippen LogP contribution in [0.25, 0.3) is 0 Å². The van der Waals surface area contributed by atoms with Crippen LogP contribution in [0, 0.1) is 0 Å². The van der Waals surface area contributed by atoms with E-state index < -0.39 is 5.91 Å². The predicted octanol–water partition coefficient (Wildman–Crippen LogP) is -0.293. The van der Waals surface area contributed by atoms with Gasteiger partial charge in [-0.25, -0.2) is 0 Å². The van der Waals surface area contributed by atoms with Crippen LogP contribution in [-0.2, 0) is 4.74 Å². The molecular weight excluding hydrogens is 246 g/mol. The Hall–Kier alpha value is -1.73. The van der Waals surface area contributed by atoms with Gasteiger partial charge in [-0.05, 0) is 26.1 Å². The molecular formula is C12H19N5O2. The summed E-state index contributed by atoms with van der Waals surface area (Å²) in [4.78, 5) is 13.1. The van der Waals surface area contributed by atoms with E-state index in [1.54, 1.807) is 12.1 Å². The normalized spacial score (nSPS) is 21.9. The van der Waals surface area contributed by atoms with Crippen LogP contribution >= 0.6 is 0 Å². The number of rotatable bonds is 4. The number of anilines is 1. The summed E-state index contributed by atoms with van der Waals surface area (Å²) in [5.41, 5.74) is 5.27. The predicted molar refractivity (Wildman–Crippen MR) is 70.9 cm³/mol. The van der Waals surface area contributed by atoms with Crippen molar-refractivity contribution >= 4 is 11.7 Å². The standard InChI is InChI=1S/C12H19N5O2/c1-8(10-7-17(2)5-6-19-10)14-11-4-3-9(12(13)18)15-16-11/h3-4,8,10H,5-7H2,1-2H3,(H2,13,18)(H,14,16). The molecule has 0 bridgehead atoms. The Balaban J connectivity index is 1.94. The zero-order valence-electron chi connectivity index (χ0n) is 11.2. The first-order valence-electron chi connectivity index (χ1n) is 6.26. The molecule has 0 aliphatic carbocycles. The van der Waals surface area contributed by atoms with Gasteiger partial charge in [-0.2, -0.15) is 0 Å². The summed E-state index contributed by atoms with van der Waals surface area (Å²) in [6.45, 7) is 4.60. The van der Waals surface area contributed by atoms with E-state index in [4.69, 9.17) is 10.5 Å². The number of hydrogen-bond acceptors (Lipinski definition) is 6. The van der Waals surface area contributed by atoms with E-state index in [1.807, 2.05) is 6.92 Å². The molecule has 1 aliphatic rings. The minimum atomic E-state index is -0.579. The second kappa shape index (κ2) is 5.94. The number of carbonyl (C=O) groups excluding carboxylic acids is 1. The van der Waals surface area contributed by atoms with Crippen molar-refractivity contribution in [2.75, 3.05) is 32.1 Å². The fourth-order valence-electron chi connectivity index (χ4n) is 1.98. The number of nitrogens with zero attached hydrogens (tertiary/aromatic N) is 3. The molecule has 1 aliphatic heterocycles. The van der Waals surface area contributed by atoms with Crippen LogP contribution in [0.2, 0.25) is 0 Å². The van der Waals surface area contributed by atoms with E-state index in [2.05, 4.69) is 27.5 Å². The Bertz CT molecular complexity index is 436. The summed E-state index contributed by atoms with van der Waals surface area (Å²) in [7, 11) is 2.07. The summed E-state index contributed by atoms with van der Waals surface area (Å²) in [6.07, 6.45) is 0.108. The second-order valence-corrected chi connectivity index (χ2v) is 4.77. The van der Waals surface area contributed by atoms with Crippen LogP contribution in [-0.4, -0.2) is 59.9 Å². The van der Waals surface area contributed by atoms with Crippen molar-refractivity contribution in [3.05, 3.63) is 17.8 Å². The highest BCUT2D eigenvalue weighted by Gasteiger charge is 2.23. The Morgan fingerprint density at radius 1 is 1.58 bits per heavy atom. The highest BCUT2D eigenvalue weighted by atomic mass is 16.5. The van der Waals surface area contributed by atoms with E-state index in [1.165, 1.54) is 0 Å². The lowest BCUT2D eigenvalue weighted by Crippen LogP contribution is -2.47. The van der Waals surface area contributed by atoms with Gasteiger partial charge in [0, 0.05) is 13.1 Å². The molecule has 19 heavy (non-hydrogen) atoms. The van der Waals surface area contributed by atoms with Gasteiger partial charge in [0.1, 0.15) is 5.82 Å². The molecule has 3 N–H and O–H groups in total. The molecule has 0 saturated carbocycles. The number of likely N-dealkylation sites (N-methyl/N-ethyl adjacent to an activating group) is 1. The SMILES string of the molecule is CC(Nc1ccc(C(N)=O)nn1)C1CN(C)CCO1. The number of nitrogens with one attached hydrogen (secondary N) is 1. The van der Waals surface area contributed by atoms with E-state index in [9.17, 15) is 4.79 Å². The summed E-state index contributed by atoms with van der Waals surface area (Å²) in [6, 6.07) is 3.35. The molecule has 2 heterocycles. The summed E-state index contributed by atoms with van der Waals surface area (Å²) in [5.74, 6) is 0.0265. The van der Waals surface area contributed by atoms with Crippen LogP contribution in [0.4, 0.5) is 5.82 Å². The van der Waals surface area contributed by atoms with Gasteiger partial charge in [0.2, 0.25) is 0 Å². The number of nitrogens with two attached hydrogens (primary N) is 1. The number of aromatic nitrogens is 2. The van der Waals surface area contributed by atoms with Crippen molar-refractivity contribution in [2.24, 2.45) is 5.73 Å². The largest absolute Gasteiger partial charge is 0.373 e. The van der Waals surface area contributed by atoms with Gasteiger partial charge in [-0.1, -0.05) is 0 Å². The van der Waals surface area contributed by atoms with Crippen LogP contribution < -0.4 is 11.1 Å². The molecule has 1 saturated heterocycles. The topological polar surface area (TPSA) is 93.4 Å². The monoisotopic (exact) mass is 265 g/mol. The molecule has 0 aromatic carbocycles. The minimum Gasteiger partial charge on any atom is -0.373 e. The number of primary amides is 1.